The first-order chi connectivity index (χ1) is 11.6. The molecule has 1 unspecified atom stereocenters. The molecule has 0 saturated carbocycles. The van der Waals surface area contributed by atoms with Crippen LogP contribution in [0.4, 0.5) is 5.69 Å². The molecule has 0 spiro atoms. The zero-order valence-corrected chi connectivity index (χ0v) is 14.9. The summed E-state index contributed by atoms with van der Waals surface area (Å²) in [5.74, 6) is 0.850. The monoisotopic (exact) mass is 369 g/mol. The third-order valence-electron chi connectivity index (χ3n) is 4.71. The van der Waals surface area contributed by atoms with Crippen molar-refractivity contribution < 1.29 is 14.5 Å². The maximum atomic E-state index is 12.5. The number of non-ortho nitro benzene ring substituents is 1. The lowest BCUT2D eigenvalue weighted by atomic mass is 10.0. The predicted octanol–water partition coefficient (Wildman–Crippen LogP) is 2.53. The van der Waals surface area contributed by atoms with E-state index < -0.39 is 4.92 Å². The summed E-state index contributed by atoms with van der Waals surface area (Å²) in [6, 6.07) is 6.13. The first-order valence-electron chi connectivity index (χ1n) is 8.57. The number of nitrogens with zero attached hydrogens (tertiary/aromatic N) is 2. The van der Waals surface area contributed by atoms with E-state index in [4.69, 9.17) is 4.74 Å². The van der Waals surface area contributed by atoms with Crippen molar-refractivity contribution in [1.82, 2.24) is 10.2 Å². The number of halogens is 1. The van der Waals surface area contributed by atoms with Crippen LogP contribution in [0.2, 0.25) is 0 Å². The molecule has 3 rings (SSSR count). The van der Waals surface area contributed by atoms with Crippen molar-refractivity contribution in [2.24, 2.45) is 0 Å². The average Bonchev–Trinajstić information content (AvgIpc) is 2.63. The molecule has 1 amide bonds. The number of carbonyl (C=O) groups excluding carboxylic acids is 1. The lowest BCUT2D eigenvalue weighted by Gasteiger charge is -2.35. The summed E-state index contributed by atoms with van der Waals surface area (Å²) in [6.45, 7) is 2.33. The highest BCUT2D eigenvalue weighted by atomic mass is 35.5. The highest BCUT2D eigenvalue weighted by Crippen LogP contribution is 2.22. The van der Waals surface area contributed by atoms with Crippen LogP contribution in [0.5, 0.6) is 5.75 Å². The molecule has 2 fully saturated rings. The number of benzene rings is 1. The molecule has 2 heterocycles. The van der Waals surface area contributed by atoms with Crippen molar-refractivity contribution in [2.75, 3.05) is 19.6 Å². The molecular formula is C17H24ClN3O4. The molecule has 1 N–H and O–H groups in total. The van der Waals surface area contributed by atoms with Crippen LogP contribution in [0.15, 0.2) is 24.3 Å². The van der Waals surface area contributed by atoms with Gasteiger partial charge >= 0.3 is 0 Å². The Morgan fingerprint density at radius 2 is 1.84 bits per heavy atom. The number of rotatable bonds is 4. The normalized spacial score (nSPS) is 21.3. The number of carbonyl (C=O) groups is 1. The standard InChI is InChI=1S/C17H23N3O4.ClH/c21-17(16-3-1-2-10-18-16)19-11-8-15(9-12-19)24-14-6-4-13(5-7-14)20(22)23;/h4-7,15-16,18H,1-3,8-12H2;1H. The minimum Gasteiger partial charge on any atom is -0.490 e. The molecule has 2 aliphatic rings. The number of piperidine rings is 2. The number of nitro groups is 1. The number of likely N-dealkylation sites (tertiary alicyclic amines) is 1. The van der Waals surface area contributed by atoms with Crippen LogP contribution in [-0.2, 0) is 4.79 Å². The van der Waals surface area contributed by atoms with Gasteiger partial charge in [0.25, 0.3) is 5.69 Å². The van der Waals surface area contributed by atoms with Gasteiger partial charge in [-0.15, -0.1) is 12.4 Å². The Morgan fingerprint density at radius 3 is 2.40 bits per heavy atom. The first-order valence-corrected chi connectivity index (χ1v) is 8.57. The summed E-state index contributed by atoms with van der Waals surface area (Å²) in [4.78, 5) is 24.6. The van der Waals surface area contributed by atoms with Crippen molar-refractivity contribution in [3.8, 4) is 5.75 Å². The van der Waals surface area contributed by atoms with E-state index in [0.29, 0.717) is 18.8 Å². The number of hydrogen-bond acceptors (Lipinski definition) is 5. The Kier molecular flexibility index (Phi) is 7.01. The largest absolute Gasteiger partial charge is 0.490 e. The van der Waals surface area contributed by atoms with Gasteiger partial charge in [-0.3, -0.25) is 14.9 Å². The number of hydrogen-bond donors (Lipinski definition) is 1. The quantitative estimate of drug-likeness (QED) is 0.651. The van der Waals surface area contributed by atoms with Gasteiger partial charge in [0.05, 0.1) is 11.0 Å². The van der Waals surface area contributed by atoms with E-state index in [1.165, 1.54) is 12.1 Å². The van der Waals surface area contributed by atoms with Gasteiger partial charge in [-0.1, -0.05) is 6.42 Å². The van der Waals surface area contributed by atoms with E-state index in [-0.39, 0.29) is 36.1 Å². The Balaban J connectivity index is 0.00000225. The molecule has 25 heavy (non-hydrogen) atoms. The van der Waals surface area contributed by atoms with E-state index in [1.807, 2.05) is 4.90 Å². The van der Waals surface area contributed by atoms with Crippen molar-refractivity contribution >= 4 is 24.0 Å². The molecule has 0 radical (unpaired) electrons. The summed E-state index contributed by atoms with van der Waals surface area (Å²) in [6.07, 6.45) is 4.82. The third kappa shape index (κ3) is 5.06. The van der Waals surface area contributed by atoms with Crippen molar-refractivity contribution in [2.45, 2.75) is 44.2 Å². The second-order valence-electron chi connectivity index (χ2n) is 6.40. The smallest absolute Gasteiger partial charge is 0.269 e. The number of nitrogens with one attached hydrogen (secondary N) is 1. The van der Waals surface area contributed by atoms with Crippen molar-refractivity contribution in [3.63, 3.8) is 0 Å². The van der Waals surface area contributed by atoms with Crippen LogP contribution in [-0.4, -0.2) is 47.5 Å². The Bertz CT molecular complexity index is 582. The van der Waals surface area contributed by atoms with Gasteiger partial charge in [0.1, 0.15) is 11.9 Å². The number of amides is 1. The molecule has 1 aromatic rings. The van der Waals surface area contributed by atoms with E-state index >= 15 is 0 Å². The zero-order valence-electron chi connectivity index (χ0n) is 14.1. The van der Waals surface area contributed by atoms with Crippen LogP contribution >= 0.6 is 12.4 Å². The lowest BCUT2D eigenvalue weighted by Crippen LogP contribution is -2.51. The minimum absolute atomic E-state index is 0. The Labute approximate surface area is 153 Å². The fourth-order valence-electron chi connectivity index (χ4n) is 3.32. The highest BCUT2D eigenvalue weighted by Gasteiger charge is 2.29. The third-order valence-corrected chi connectivity index (χ3v) is 4.71. The number of ether oxygens (including phenoxy) is 1. The van der Waals surface area contributed by atoms with Gasteiger partial charge in [0.2, 0.25) is 5.91 Å². The number of nitro benzene ring substituents is 1. The molecule has 8 heteroatoms. The molecule has 7 nitrogen and oxygen atoms in total. The SMILES string of the molecule is Cl.O=C(C1CCCCN1)N1CCC(Oc2ccc([N+](=O)[O-])cc2)CC1. The molecule has 0 aliphatic carbocycles. The predicted molar refractivity (Wildman–Crippen MR) is 96.2 cm³/mol. The van der Waals surface area contributed by atoms with Gasteiger partial charge < -0.3 is 15.0 Å². The van der Waals surface area contributed by atoms with E-state index in [1.54, 1.807) is 12.1 Å². The van der Waals surface area contributed by atoms with Crippen LogP contribution in [0.3, 0.4) is 0 Å². The van der Waals surface area contributed by atoms with E-state index in [9.17, 15) is 14.9 Å². The van der Waals surface area contributed by atoms with Crippen molar-refractivity contribution in [1.29, 1.82) is 0 Å². The molecule has 1 aromatic carbocycles. The van der Waals surface area contributed by atoms with Gasteiger partial charge in [0.15, 0.2) is 0 Å². The van der Waals surface area contributed by atoms with Gasteiger partial charge in [-0.25, -0.2) is 0 Å². The second kappa shape index (κ2) is 9.01. The summed E-state index contributed by atoms with van der Waals surface area (Å²) in [5, 5.41) is 14.0. The van der Waals surface area contributed by atoms with E-state index in [0.717, 1.165) is 38.6 Å². The second-order valence-corrected chi connectivity index (χ2v) is 6.40. The van der Waals surface area contributed by atoms with Crippen LogP contribution in [0, 0.1) is 10.1 Å². The van der Waals surface area contributed by atoms with Crippen LogP contribution < -0.4 is 10.1 Å². The highest BCUT2D eigenvalue weighted by molar-refractivity contribution is 5.85. The van der Waals surface area contributed by atoms with Crippen molar-refractivity contribution in [3.05, 3.63) is 34.4 Å². The molecule has 1 atom stereocenters. The maximum Gasteiger partial charge on any atom is 0.269 e. The first kappa shape index (κ1) is 19.5. The Morgan fingerprint density at radius 1 is 1.16 bits per heavy atom. The van der Waals surface area contributed by atoms with Crippen LogP contribution in [0.25, 0.3) is 0 Å². The maximum absolute atomic E-state index is 12.5. The summed E-state index contributed by atoms with van der Waals surface area (Å²) in [7, 11) is 0. The fraction of sp³-hybridized carbons (Fsp3) is 0.588. The molecular weight excluding hydrogens is 346 g/mol. The molecule has 0 aromatic heterocycles. The van der Waals surface area contributed by atoms with Gasteiger partial charge in [0, 0.05) is 38.1 Å². The lowest BCUT2D eigenvalue weighted by molar-refractivity contribution is -0.384. The topological polar surface area (TPSA) is 84.7 Å². The molecule has 0 bridgehead atoms. The van der Waals surface area contributed by atoms with Gasteiger partial charge in [-0.2, -0.15) is 0 Å². The Hall–Kier alpha value is -1.86. The van der Waals surface area contributed by atoms with Gasteiger partial charge in [-0.05, 0) is 31.5 Å². The molecule has 138 valence electrons. The molecule has 2 saturated heterocycles. The fourth-order valence-corrected chi connectivity index (χ4v) is 3.32. The average molecular weight is 370 g/mol. The summed E-state index contributed by atoms with van der Waals surface area (Å²) in [5.41, 5.74) is 0.0581. The summed E-state index contributed by atoms with van der Waals surface area (Å²) < 4.78 is 5.89. The zero-order chi connectivity index (χ0) is 16.9. The minimum atomic E-state index is -0.423. The molecule has 2 aliphatic heterocycles. The van der Waals surface area contributed by atoms with E-state index in [2.05, 4.69) is 5.32 Å². The summed E-state index contributed by atoms with van der Waals surface area (Å²) >= 11 is 0. The van der Waals surface area contributed by atoms with Crippen LogP contribution in [0.1, 0.15) is 32.1 Å².